The number of allylic oxidation sites excluding steroid dienone is 3. The summed E-state index contributed by atoms with van der Waals surface area (Å²) in [5, 5.41) is 2.60. The molecule has 0 radical (unpaired) electrons. The lowest BCUT2D eigenvalue weighted by Crippen LogP contribution is -2.07. The molecule has 0 saturated heterocycles. The SMILES string of the molecule is C=CC(=O)Nc1cccc(O/C(=C/C(=C)F)C(=C)C)c1. The molecule has 104 valence electrons. The molecule has 0 saturated carbocycles. The summed E-state index contributed by atoms with van der Waals surface area (Å²) in [7, 11) is 0. The molecule has 0 heterocycles. The van der Waals surface area contributed by atoms with Crippen LogP contribution in [0.1, 0.15) is 6.92 Å². The van der Waals surface area contributed by atoms with E-state index in [0.29, 0.717) is 17.0 Å². The van der Waals surface area contributed by atoms with Crippen molar-refractivity contribution in [3.8, 4) is 5.75 Å². The second kappa shape index (κ2) is 7.09. The molecule has 0 aliphatic heterocycles. The van der Waals surface area contributed by atoms with Gasteiger partial charge in [-0.3, -0.25) is 4.79 Å². The maximum absolute atomic E-state index is 12.9. The highest BCUT2D eigenvalue weighted by atomic mass is 19.1. The van der Waals surface area contributed by atoms with Crippen LogP contribution < -0.4 is 10.1 Å². The minimum Gasteiger partial charge on any atom is -0.457 e. The maximum Gasteiger partial charge on any atom is 0.247 e. The molecule has 0 fully saturated rings. The molecule has 0 unspecified atom stereocenters. The Morgan fingerprint density at radius 3 is 2.65 bits per heavy atom. The number of carbonyl (C=O) groups is 1. The molecule has 0 spiro atoms. The van der Waals surface area contributed by atoms with Gasteiger partial charge < -0.3 is 10.1 Å². The van der Waals surface area contributed by atoms with Crippen LogP contribution in [0.4, 0.5) is 10.1 Å². The first-order valence-electron chi connectivity index (χ1n) is 5.85. The Morgan fingerprint density at radius 2 is 2.10 bits per heavy atom. The van der Waals surface area contributed by atoms with Crippen LogP contribution in [0.15, 0.2) is 73.3 Å². The molecular weight excluding hydrogens is 257 g/mol. The van der Waals surface area contributed by atoms with Crippen LogP contribution in [0.5, 0.6) is 5.75 Å². The minimum absolute atomic E-state index is 0.268. The summed E-state index contributed by atoms with van der Waals surface area (Å²) in [5.41, 5.74) is 1.11. The average Bonchev–Trinajstić information content (AvgIpc) is 2.37. The molecule has 1 N–H and O–H groups in total. The van der Waals surface area contributed by atoms with Crippen LogP contribution in [0.3, 0.4) is 0 Å². The highest BCUT2D eigenvalue weighted by Gasteiger charge is 2.05. The van der Waals surface area contributed by atoms with Gasteiger partial charge >= 0.3 is 0 Å². The van der Waals surface area contributed by atoms with E-state index in [0.717, 1.165) is 6.08 Å². The number of nitrogens with one attached hydrogen (secondary N) is 1. The van der Waals surface area contributed by atoms with E-state index in [2.05, 4.69) is 25.1 Å². The zero-order valence-electron chi connectivity index (χ0n) is 11.3. The van der Waals surface area contributed by atoms with E-state index in [1.807, 2.05) is 0 Å². The van der Waals surface area contributed by atoms with Crippen molar-refractivity contribution in [2.45, 2.75) is 6.92 Å². The maximum atomic E-state index is 12.9. The lowest BCUT2D eigenvalue weighted by Gasteiger charge is -2.11. The second-order valence-electron chi connectivity index (χ2n) is 4.06. The van der Waals surface area contributed by atoms with Gasteiger partial charge in [0.05, 0.1) is 0 Å². The van der Waals surface area contributed by atoms with Crippen molar-refractivity contribution in [2.75, 3.05) is 5.32 Å². The third-order valence-electron chi connectivity index (χ3n) is 2.22. The van der Waals surface area contributed by atoms with E-state index in [9.17, 15) is 9.18 Å². The molecule has 0 aromatic heterocycles. The van der Waals surface area contributed by atoms with E-state index in [-0.39, 0.29) is 11.7 Å². The fourth-order valence-corrected chi connectivity index (χ4v) is 1.34. The summed E-state index contributed by atoms with van der Waals surface area (Å²) in [5.74, 6) is -0.235. The predicted molar refractivity (Wildman–Crippen MR) is 79.0 cm³/mol. The van der Waals surface area contributed by atoms with Crippen LogP contribution in [0.2, 0.25) is 0 Å². The third-order valence-corrected chi connectivity index (χ3v) is 2.22. The van der Waals surface area contributed by atoms with Gasteiger partial charge in [0.15, 0.2) is 0 Å². The first-order chi connectivity index (χ1) is 9.42. The number of halogens is 1. The summed E-state index contributed by atoms with van der Waals surface area (Å²) in [6.07, 6.45) is 2.32. The summed E-state index contributed by atoms with van der Waals surface area (Å²) in [6.45, 7) is 11.9. The van der Waals surface area contributed by atoms with Crippen molar-refractivity contribution in [1.82, 2.24) is 0 Å². The number of amides is 1. The average molecular weight is 273 g/mol. The van der Waals surface area contributed by atoms with Crippen molar-refractivity contribution in [3.05, 3.63) is 73.3 Å². The number of benzene rings is 1. The number of ether oxygens (including phenoxy) is 1. The van der Waals surface area contributed by atoms with Gasteiger partial charge in [-0.25, -0.2) is 4.39 Å². The van der Waals surface area contributed by atoms with Gasteiger partial charge in [-0.05, 0) is 30.7 Å². The molecular formula is C16H16FNO2. The van der Waals surface area contributed by atoms with Crippen molar-refractivity contribution in [2.24, 2.45) is 0 Å². The summed E-state index contributed by atoms with van der Waals surface area (Å²) in [4.78, 5) is 11.2. The zero-order chi connectivity index (χ0) is 15.1. The molecule has 0 aliphatic carbocycles. The van der Waals surface area contributed by atoms with E-state index < -0.39 is 5.83 Å². The fourth-order valence-electron chi connectivity index (χ4n) is 1.34. The highest BCUT2D eigenvalue weighted by molar-refractivity contribution is 5.98. The van der Waals surface area contributed by atoms with Crippen LogP contribution in [0.25, 0.3) is 0 Å². The number of rotatable bonds is 6. The second-order valence-corrected chi connectivity index (χ2v) is 4.06. The van der Waals surface area contributed by atoms with Crippen molar-refractivity contribution < 1.29 is 13.9 Å². The highest BCUT2D eigenvalue weighted by Crippen LogP contribution is 2.22. The number of anilines is 1. The molecule has 0 atom stereocenters. The van der Waals surface area contributed by atoms with Gasteiger partial charge in [-0.15, -0.1) is 0 Å². The Hall–Kier alpha value is -2.62. The topological polar surface area (TPSA) is 38.3 Å². The first kappa shape index (κ1) is 15.4. The number of hydrogen-bond acceptors (Lipinski definition) is 2. The molecule has 1 rings (SSSR count). The summed E-state index contributed by atoms with van der Waals surface area (Å²) in [6, 6.07) is 6.70. The fraction of sp³-hybridized carbons (Fsp3) is 0.0625. The van der Waals surface area contributed by atoms with Gasteiger partial charge in [0.2, 0.25) is 5.91 Å². The van der Waals surface area contributed by atoms with Gasteiger partial charge in [0.1, 0.15) is 17.3 Å². The van der Waals surface area contributed by atoms with E-state index in [4.69, 9.17) is 4.74 Å². The normalized spacial score (nSPS) is 10.6. The molecule has 20 heavy (non-hydrogen) atoms. The Balaban J connectivity index is 2.94. The van der Waals surface area contributed by atoms with Crippen LogP contribution >= 0.6 is 0 Å². The molecule has 1 aromatic carbocycles. The lowest BCUT2D eigenvalue weighted by molar-refractivity contribution is -0.111. The van der Waals surface area contributed by atoms with Gasteiger partial charge in [0.25, 0.3) is 0 Å². The first-order valence-corrected chi connectivity index (χ1v) is 5.85. The molecule has 0 bridgehead atoms. The number of hydrogen-bond donors (Lipinski definition) is 1. The Morgan fingerprint density at radius 1 is 1.40 bits per heavy atom. The summed E-state index contributed by atoms with van der Waals surface area (Å²) < 4.78 is 18.4. The van der Waals surface area contributed by atoms with Crippen LogP contribution in [-0.2, 0) is 4.79 Å². The molecule has 4 heteroatoms. The summed E-state index contributed by atoms with van der Waals surface area (Å²) >= 11 is 0. The Labute approximate surface area is 117 Å². The third kappa shape index (κ3) is 4.94. The monoisotopic (exact) mass is 273 g/mol. The lowest BCUT2D eigenvalue weighted by atomic mass is 10.2. The van der Waals surface area contributed by atoms with Gasteiger partial charge in [-0.1, -0.05) is 25.8 Å². The largest absolute Gasteiger partial charge is 0.457 e. The smallest absolute Gasteiger partial charge is 0.247 e. The Kier molecular flexibility index (Phi) is 5.47. The van der Waals surface area contributed by atoms with Crippen LogP contribution in [-0.4, -0.2) is 5.91 Å². The zero-order valence-corrected chi connectivity index (χ0v) is 11.3. The van der Waals surface area contributed by atoms with E-state index in [1.165, 1.54) is 6.08 Å². The predicted octanol–water partition coefficient (Wildman–Crippen LogP) is 4.13. The van der Waals surface area contributed by atoms with Crippen molar-refractivity contribution in [3.63, 3.8) is 0 Å². The quantitative estimate of drug-likeness (QED) is 0.480. The molecule has 3 nitrogen and oxygen atoms in total. The van der Waals surface area contributed by atoms with E-state index >= 15 is 0 Å². The van der Waals surface area contributed by atoms with Gasteiger partial charge in [0, 0.05) is 17.8 Å². The molecule has 1 amide bonds. The van der Waals surface area contributed by atoms with Crippen molar-refractivity contribution in [1.29, 1.82) is 0 Å². The van der Waals surface area contributed by atoms with Gasteiger partial charge in [-0.2, -0.15) is 0 Å². The minimum atomic E-state index is -0.626. The molecule has 1 aromatic rings. The Bertz CT molecular complexity index is 588. The standard InChI is InChI=1S/C16H16FNO2/c1-5-16(19)18-13-7-6-8-14(10-13)20-15(11(2)3)9-12(4)17/h5-10H,1-2,4H2,3H3,(H,18,19)/b15-9+. The van der Waals surface area contributed by atoms with Crippen LogP contribution in [0, 0.1) is 0 Å². The van der Waals surface area contributed by atoms with Crippen molar-refractivity contribution >= 4 is 11.6 Å². The number of carbonyl (C=O) groups excluding carboxylic acids is 1. The van der Waals surface area contributed by atoms with E-state index in [1.54, 1.807) is 31.2 Å². The molecule has 0 aliphatic rings.